The molecule has 0 unspecified atom stereocenters. The fourth-order valence-corrected chi connectivity index (χ4v) is 2.89. The van der Waals surface area contributed by atoms with Crippen LogP contribution in [0.2, 0.25) is 0 Å². The summed E-state index contributed by atoms with van der Waals surface area (Å²) in [5.74, 6) is -0.326. The monoisotopic (exact) mass is 281 g/mol. The maximum absolute atomic E-state index is 11.9. The molecule has 0 aliphatic heterocycles. The normalized spacial score (nSPS) is 10.9. The Kier molecular flexibility index (Phi) is 3.57. The molecule has 0 amide bonds. The van der Waals surface area contributed by atoms with Crippen molar-refractivity contribution in [3.05, 3.63) is 37.0 Å². The van der Waals surface area contributed by atoms with Crippen molar-refractivity contribution in [2.45, 2.75) is 33.6 Å². The zero-order valence-electron chi connectivity index (χ0n) is 11.0. The second-order valence-electron chi connectivity index (χ2n) is 4.10. The van der Waals surface area contributed by atoms with E-state index in [1.54, 1.807) is 6.92 Å². The van der Waals surface area contributed by atoms with Gasteiger partial charge in [-0.05, 0) is 19.8 Å². The highest BCUT2D eigenvalue weighted by Gasteiger charge is 2.17. The molecule has 2 heterocycles. The maximum Gasteiger partial charge on any atom is 0.337 e. The van der Waals surface area contributed by atoms with E-state index < -0.39 is 11.2 Å². The topological polar surface area (TPSA) is 88.0 Å². The number of hydrogen-bond donors (Lipinski definition) is 2. The molecule has 0 bridgehead atoms. The summed E-state index contributed by atoms with van der Waals surface area (Å²) in [4.78, 5) is 30.9. The van der Waals surface area contributed by atoms with Gasteiger partial charge in [0.05, 0.1) is 11.3 Å². The van der Waals surface area contributed by atoms with Gasteiger partial charge in [0.15, 0.2) is 0 Å². The lowest BCUT2D eigenvalue weighted by atomic mass is 10.2. The van der Waals surface area contributed by atoms with Crippen LogP contribution in [0.25, 0.3) is 5.13 Å². The zero-order chi connectivity index (χ0) is 14.2. The number of nitrogens with one attached hydrogen (secondary N) is 1. The number of aromatic amines is 1. The summed E-state index contributed by atoms with van der Waals surface area (Å²) in [7, 11) is 0. The summed E-state index contributed by atoms with van der Waals surface area (Å²) < 4.78 is 1.05. The second-order valence-corrected chi connectivity index (χ2v) is 5.28. The van der Waals surface area contributed by atoms with Gasteiger partial charge in [-0.2, -0.15) is 0 Å². The average Bonchev–Trinajstić information content (AvgIpc) is 2.70. The fourth-order valence-electron chi connectivity index (χ4n) is 1.89. The predicted octanol–water partition coefficient (Wildman–Crippen LogP) is 1.12. The first-order valence-electron chi connectivity index (χ1n) is 6.03. The second kappa shape index (κ2) is 5.00. The van der Waals surface area contributed by atoms with Crippen LogP contribution in [0, 0.1) is 6.92 Å². The molecule has 0 saturated heterocycles. The number of H-pyrrole nitrogens is 1. The van der Waals surface area contributed by atoms with Crippen LogP contribution in [0.5, 0.6) is 5.88 Å². The van der Waals surface area contributed by atoms with Crippen molar-refractivity contribution < 1.29 is 5.11 Å². The average molecular weight is 281 g/mol. The molecule has 0 radical (unpaired) electrons. The molecule has 2 rings (SSSR count). The molecular weight excluding hydrogens is 266 g/mol. The largest absolute Gasteiger partial charge is 0.494 e. The van der Waals surface area contributed by atoms with Gasteiger partial charge in [-0.15, -0.1) is 11.3 Å². The third kappa shape index (κ3) is 2.21. The molecule has 0 aromatic carbocycles. The molecule has 2 aromatic heterocycles. The lowest BCUT2D eigenvalue weighted by molar-refractivity contribution is 0.423. The van der Waals surface area contributed by atoms with E-state index in [4.69, 9.17) is 0 Å². The minimum absolute atomic E-state index is 0.186. The van der Waals surface area contributed by atoms with Crippen molar-refractivity contribution in [2.75, 3.05) is 0 Å². The number of rotatable bonds is 3. The van der Waals surface area contributed by atoms with E-state index in [0.29, 0.717) is 11.6 Å². The van der Waals surface area contributed by atoms with E-state index in [2.05, 4.69) is 9.97 Å². The molecule has 2 N–H and O–H groups in total. The molecule has 102 valence electrons. The molecule has 7 heteroatoms. The molecule has 0 aliphatic rings. The summed E-state index contributed by atoms with van der Waals surface area (Å²) in [5, 5.41) is 10.5. The van der Waals surface area contributed by atoms with Crippen molar-refractivity contribution >= 4 is 11.3 Å². The summed E-state index contributed by atoms with van der Waals surface area (Å²) in [6, 6.07) is 0. The van der Waals surface area contributed by atoms with E-state index in [-0.39, 0.29) is 11.4 Å². The molecule has 6 nitrogen and oxygen atoms in total. The van der Waals surface area contributed by atoms with Gasteiger partial charge in [0.25, 0.3) is 5.56 Å². The first-order valence-corrected chi connectivity index (χ1v) is 6.85. The van der Waals surface area contributed by atoms with Gasteiger partial charge in [-0.25, -0.2) is 14.3 Å². The Morgan fingerprint density at radius 2 is 2.00 bits per heavy atom. The van der Waals surface area contributed by atoms with Gasteiger partial charge >= 0.3 is 5.69 Å². The highest BCUT2D eigenvalue weighted by atomic mass is 32.1. The third-order valence-corrected chi connectivity index (χ3v) is 3.94. The van der Waals surface area contributed by atoms with E-state index in [9.17, 15) is 14.7 Å². The van der Waals surface area contributed by atoms with Crippen LogP contribution >= 0.6 is 11.3 Å². The Labute approximate surface area is 113 Å². The summed E-state index contributed by atoms with van der Waals surface area (Å²) in [6.45, 7) is 5.62. The predicted molar refractivity (Wildman–Crippen MR) is 73.5 cm³/mol. The highest BCUT2D eigenvalue weighted by molar-refractivity contribution is 7.14. The van der Waals surface area contributed by atoms with Crippen LogP contribution in [-0.2, 0) is 12.8 Å². The number of aromatic nitrogens is 3. The van der Waals surface area contributed by atoms with Gasteiger partial charge in [-0.1, -0.05) is 13.8 Å². The quantitative estimate of drug-likeness (QED) is 0.882. The van der Waals surface area contributed by atoms with Gasteiger partial charge < -0.3 is 5.11 Å². The molecular formula is C12H15N3O3S. The van der Waals surface area contributed by atoms with E-state index in [1.165, 1.54) is 11.3 Å². The van der Waals surface area contributed by atoms with Crippen LogP contribution in [0.3, 0.4) is 0 Å². The SMILES string of the molecule is CCc1nc(-n2c(O)c(CC)c(=O)[nH]c2=O)sc1C. The number of nitrogens with zero attached hydrogens (tertiary/aromatic N) is 2. The van der Waals surface area contributed by atoms with Crippen LogP contribution in [-0.4, -0.2) is 19.6 Å². The Hall–Kier alpha value is -1.89. The first-order chi connectivity index (χ1) is 8.99. The van der Waals surface area contributed by atoms with Gasteiger partial charge in [0.1, 0.15) is 0 Å². The van der Waals surface area contributed by atoms with Crippen molar-refractivity contribution in [2.24, 2.45) is 0 Å². The van der Waals surface area contributed by atoms with Crippen molar-refractivity contribution in [1.82, 2.24) is 14.5 Å². The van der Waals surface area contributed by atoms with Crippen LogP contribution < -0.4 is 11.2 Å². The molecule has 0 fully saturated rings. The van der Waals surface area contributed by atoms with Gasteiger partial charge in [0, 0.05) is 4.88 Å². The first kappa shape index (κ1) is 13.5. The maximum atomic E-state index is 11.9. The Morgan fingerprint density at radius 1 is 1.32 bits per heavy atom. The summed E-state index contributed by atoms with van der Waals surface area (Å²) >= 11 is 1.32. The van der Waals surface area contributed by atoms with Gasteiger partial charge in [0.2, 0.25) is 11.0 Å². The molecule has 19 heavy (non-hydrogen) atoms. The van der Waals surface area contributed by atoms with Crippen LogP contribution in [0.4, 0.5) is 0 Å². The lowest BCUT2D eigenvalue weighted by Gasteiger charge is -2.06. The standard InChI is InChI=1S/C12H15N3O3S/c1-4-7-9(16)14-11(18)15(10(7)17)12-13-8(5-2)6(3)19-12/h17H,4-5H2,1-3H3,(H,14,16,18). The third-order valence-electron chi connectivity index (χ3n) is 2.94. The summed E-state index contributed by atoms with van der Waals surface area (Å²) in [6.07, 6.45) is 1.09. The lowest BCUT2D eigenvalue weighted by Crippen LogP contribution is -2.31. The smallest absolute Gasteiger partial charge is 0.337 e. The Bertz CT molecular complexity index is 727. The van der Waals surface area contributed by atoms with Crippen LogP contribution in [0.1, 0.15) is 30.0 Å². The Morgan fingerprint density at radius 3 is 2.53 bits per heavy atom. The minimum atomic E-state index is -0.670. The van der Waals surface area contributed by atoms with Crippen molar-refractivity contribution in [3.8, 4) is 11.0 Å². The number of aromatic hydroxyl groups is 1. The molecule has 0 atom stereocenters. The number of thiazole rings is 1. The Balaban J connectivity index is 2.75. The van der Waals surface area contributed by atoms with Crippen molar-refractivity contribution in [3.63, 3.8) is 0 Å². The molecule has 0 spiro atoms. The fraction of sp³-hybridized carbons (Fsp3) is 0.417. The molecule has 0 saturated carbocycles. The molecule has 2 aromatic rings. The van der Waals surface area contributed by atoms with E-state index >= 15 is 0 Å². The van der Waals surface area contributed by atoms with E-state index in [1.807, 2.05) is 13.8 Å². The van der Waals surface area contributed by atoms with Gasteiger partial charge in [-0.3, -0.25) is 9.78 Å². The minimum Gasteiger partial charge on any atom is -0.494 e. The number of hydrogen-bond acceptors (Lipinski definition) is 5. The summed E-state index contributed by atoms with van der Waals surface area (Å²) in [5.41, 5.74) is -0.151. The molecule has 0 aliphatic carbocycles. The highest BCUT2D eigenvalue weighted by Crippen LogP contribution is 2.24. The van der Waals surface area contributed by atoms with Crippen LogP contribution in [0.15, 0.2) is 9.59 Å². The number of aryl methyl sites for hydroxylation is 2. The zero-order valence-corrected chi connectivity index (χ0v) is 11.8. The van der Waals surface area contributed by atoms with E-state index in [0.717, 1.165) is 21.6 Å². The van der Waals surface area contributed by atoms with Crippen molar-refractivity contribution in [1.29, 1.82) is 0 Å².